The zero-order chi connectivity index (χ0) is 25.4. The molecule has 0 saturated carbocycles. The Morgan fingerprint density at radius 3 is 2.72 bits per heavy atom. The Hall–Kier alpha value is -2.70. The van der Waals surface area contributed by atoms with Crippen molar-refractivity contribution in [1.29, 1.82) is 0 Å². The first kappa shape index (κ1) is 25.0. The highest BCUT2D eigenvalue weighted by atomic mass is 79.9. The highest BCUT2D eigenvalue weighted by Gasteiger charge is 2.35. The summed E-state index contributed by atoms with van der Waals surface area (Å²) < 4.78 is 40.8. The maximum atomic E-state index is 12.9. The second kappa shape index (κ2) is 9.98. The Morgan fingerprint density at radius 1 is 1.28 bits per heavy atom. The van der Waals surface area contributed by atoms with Gasteiger partial charge < -0.3 is 4.90 Å². The molecule has 190 valence electrons. The summed E-state index contributed by atoms with van der Waals surface area (Å²) in [7, 11) is 0. The largest absolute Gasteiger partial charge is 0.435 e. The lowest BCUT2D eigenvalue weighted by Gasteiger charge is -2.31. The third kappa shape index (κ3) is 5.21. The third-order valence-corrected chi connectivity index (χ3v) is 8.11. The highest BCUT2D eigenvalue weighted by Crippen LogP contribution is 2.35. The van der Waals surface area contributed by atoms with Crippen LogP contribution in [0.4, 0.5) is 13.2 Å². The molecular weight excluding hydrogens is 559 g/mol. The third-order valence-electron chi connectivity index (χ3n) is 6.38. The second-order valence-electron chi connectivity index (χ2n) is 8.79. The quantitative estimate of drug-likeness (QED) is 0.433. The van der Waals surface area contributed by atoms with Crippen LogP contribution in [-0.4, -0.2) is 38.7 Å². The fourth-order valence-corrected chi connectivity index (χ4v) is 5.86. The molecule has 2 aliphatic rings. The van der Waals surface area contributed by atoms with Gasteiger partial charge in [0.2, 0.25) is 5.91 Å². The lowest BCUT2D eigenvalue weighted by atomic mass is 9.97. The number of piperidine rings is 1. The minimum Gasteiger partial charge on any atom is -0.341 e. The van der Waals surface area contributed by atoms with Gasteiger partial charge in [-0.25, -0.2) is 4.98 Å². The van der Waals surface area contributed by atoms with Gasteiger partial charge in [0.15, 0.2) is 5.69 Å². The zero-order valence-corrected chi connectivity index (χ0v) is 21.7. The van der Waals surface area contributed by atoms with Crippen molar-refractivity contribution in [2.45, 2.75) is 44.5 Å². The molecule has 1 N–H and O–H groups in total. The number of thiazole rings is 1. The second-order valence-corrected chi connectivity index (χ2v) is 10.5. The van der Waals surface area contributed by atoms with E-state index in [0.29, 0.717) is 18.8 Å². The molecule has 7 nitrogen and oxygen atoms in total. The van der Waals surface area contributed by atoms with Gasteiger partial charge in [0, 0.05) is 40.1 Å². The van der Waals surface area contributed by atoms with Crippen LogP contribution in [0.3, 0.4) is 0 Å². The summed E-state index contributed by atoms with van der Waals surface area (Å²) in [4.78, 5) is 25.0. The van der Waals surface area contributed by atoms with E-state index >= 15 is 0 Å². The van der Waals surface area contributed by atoms with Crippen LogP contribution >= 0.6 is 27.3 Å². The summed E-state index contributed by atoms with van der Waals surface area (Å²) in [5.74, 6) is -0.0122. The molecule has 12 heteroatoms. The SMILES string of the molecule is Cc1cc(C(F)(F)F)nn1CC(=O)N1CCC(c2nc(C3=C[C@H](c4ccccc4Br)ON3)cs2)CC1. The minimum atomic E-state index is -4.53. The number of hydroxylamine groups is 1. The standard InChI is InChI=1S/C24H23BrF3N5O2S/c1-14-10-21(24(26,27)28)30-33(14)12-22(34)32-8-6-15(7-9-32)23-29-19(13-36-23)18-11-20(35-31-18)16-4-2-3-5-17(16)25/h2-5,10-11,13,15,20,31H,6-9,12H2,1H3/t20-/m1/s1. The van der Waals surface area contributed by atoms with Crippen molar-refractivity contribution >= 4 is 38.9 Å². The number of benzene rings is 1. The average Bonchev–Trinajstić information content (AvgIpc) is 3.59. The van der Waals surface area contributed by atoms with Crippen molar-refractivity contribution in [1.82, 2.24) is 25.1 Å². The number of rotatable bonds is 5. The molecule has 1 atom stereocenters. The van der Waals surface area contributed by atoms with Gasteiger partial charge in [-0.2, -0.15) is 18.3 Å². The maximum Gasteiger partial charge on any atom is 0.435 e. The molecule has 2 aliphatic heterocycles. The Bertz CT molecular complexity index is 1300. The summed E-state index contributed by atoms with van der Waals surface area (Å²) in [5, 5.41) is 6.56. The van der Waals surface area contributed by atoms with E-state index in [1.54, 1.807) is 16.2 Å². The number of nitrogens with one attached hydrogen (secondary N) is 1. The minimum absolute atomic E-state index is 0.202. The molecule has 0 aliphatic carbocycles. The van der Waals surface area contributed by atoms with E-state index in [4.69, 9.17) is 9.82 Å². The molecule has 0 unspecified atom stereocenters. The van der Waals surface area contributed by atoms with E-state index in [2.05, 4.69) is 26.5 Å². The van der Waals surface area contributed by atoms with Crippen LogP contribution in [0.15, 0.2) is 46.3 Å². The van der Waals surface area contributed by atoms with Crippen molar-refractivity contribution in [3.05, 3.63) is 73.9 Å². The van der Waals surface area contributed by atoms with Crippen molar-refractivity contribution in [3.63, 3.8) is 0 Å². The van der Waals surface area contributed by atoms with Crippen molar-refractivity contribution in [2.24, 2.45) is 0 Å². The molecule has 2 aromatic heterocycles. The summed E-state index contributed by atoms with van der Waals surface area (Å²) in [6, 6.07) is 8.84. The van der Waals surface area contributed by atoms with Crippen LogP contribution in [0.2, 0.25) is 0 Å². The number of halogens is 4. The first-order valence-electron chi connectivity index (χ1n) is 11.4. The van der Waals surface area contributed by atoms with Crippen LogP contribution in [-0.2, 0) is 22.4 Å². The zero-order valence-electron chi connectivity index (χ0n) is 19.3. The molecule has 1 saturated heterocycles. The van der Waals surface area contributed by atoms with Crippen LogP contribution in [0, 0.1) is 6.92 Å². The molecule has 0 bridgehead atoms. The predicted octanol–water partition coefficient (Wildman–Crippen LogP) is 5.45. The first-order chi connectivity index (χ1) is 17.2. The topological polar surface area (TPSA) is 72.3 Å². The molecular formula is C24H23BrF3N5O2S. The lowest BCUT2D eigenvalue weighted by molar-refractivity contribution is -0.142. The van der Waals surface area contributed by atoms with E-state index in [1.807, 2.05) is 35.7 Å². The van der Waals surface area contributed by atoms with Gasteiger partial charge >= 0.3 is 6.18 Å². The summed E-state index contributed by atoms with van der Waals surface area (Å²) in [6.45, 7) is 2.37. The number of aromatic nitrogens is 3. The molecule has 0 radical (unpaired) electrons. The summed E-state index contributed by atoms with van der Waals surface area (Å²) in [6.07, 6.45) is -1.26. The first-order valence-corrected chi connectivity index (χ1v) is 13.1. The Kier molecular flexibility index (Phi) is 6.92. The fraction of sp³-hybridized carbons (Fsp3) is 0.375. The van der Waals surface area contributed by atoms with Gasteiger partial charge in [0.25, 0.3) is 0 Å². The fourth-order valence-electron chi connectivity index (χ4n) is 4.35. The number of amides is 1. The van der Waals surface area contributed by atoms with E-state index in [9.17, 15) is 18.0 Å². The number of aryl methyl sites for hydroxylation is 1. The van der Waals surface area contributed by atoms with Crippen molar-refractivity contribution in [2.75, 3.05) is 13.1 Å². The number of carbonyl (C=O) groups excluding carboxylic acids is 1. The van der Waals surface area contributed by atoms with E-state index in [1.165, 1.54) is 6.92 Å². The number of hydrogen-bond acceptors (Lipinski definition) is 6. The van der Waals surface area contributed by atoms with Crippen LogP contribution in [0.25, 0.3) is 5.70 Å². The van der Waals surface area contributed by atoms with Crippen molar-refractivity contribution in [3.8, 4) is 0 Å². The number of alkyl halides is 3. The molecule has 0 spiro atoms. The molecule has 3 aromatic rings. The number of likely N-dealkylation sites (tertiary alicyclic amines) is 1. The summed E-state index contributed by atoms with van der Waals surface area (Å²) in [5.41, 5.74) is 4.96. The van der Waals surface area contributed by atoms with Crippen molar-refractivity contribution < 1.29 is 22.8 Å². The van der Waals surface area contributed by atoms with Crippen LogP contribution in [0.5, 0.6) is 0 Å². The highest BCUT2D eigenvalue weighted by molar-refractivity contribution is 9.10. The van der Waals surface area contributed by atoms with E-state index in [0.717, 1.165) is 50.0 Å². The van der Waals surface area contributed by atoms with Gasteiger partial charge in [-0.15, -0.1) is 11.3 Å². The molecule has 36 heavy (non-hydrogen) atoms. The maximum absolute atomic E-state index is 12.9. The molecule has 4 heterocycles. The normalized spacial score (nSPS) is 18.9. The van der Waals surface area contributed by atoms with Gasteiger partial charge in [-0.3, -0.25) is 19.8 Å². The van der Waals surface area contributed by atoms with Gasteiger partial charge in [0.05, 0.1) is 16.4 Å². The Morgan fingerprint density at radius 2 is 2.03 bits per heavy atom. The smallest absolute Gasteiger partial charge is 0.341 e. The lowest BCUT2D eigenvalue weighted by Crippen LogP contribution is -2.40. The Balaban J connectivity index is 1.18. The van der Waals surface area contributed by atoms with Gasteiger partial charge in [-0.1, -0.05) is 34.1 Å². The number of nitrogens with zero attached hydrogens (tertiary/aromatic N) is 4. The number of carbonyl (C=O) groups is 1. The monoisotopic (exact) mass is 581 g/mol. The molecule has 1 aromatic carbocycles. The van der Waals surface area contributed by atoms with Gasteiger partial charge in [0.1, 0.15) is 12.6 Å². The molecule has 5 rings (SSSR count). The van der Waals surface area contributed by atoms with Crippen LogP contribution in [0.1, 0.15) is 52.5 Å². The van der Waals surface area contributed by atoms with Crippen LogP contribution < -0.4 is 5.48 Å². The molecule has 1 amide bonds. The summed E-state index contributed by atoms with van der Waals surface area (Å²) >= 11 is 5.14. The van der Waals surface area contributed by atoms with E-state index in [-0.39, 0.29) is 24.5 Å². The van der Waals surface area contributed by atoms with Gasteiger partial charge in [-0.05, 0) is 38.0 Å². The Labute approximate surface area is 218 Å². The van der Waals surface area contributed by atoms with E-state index < -0.39 is 11.9 Å². The predicted molar refractivity (Wildman–Crippen MR) is 132 cm³/mol. The average molecular weight is 582 g/mol. The number of hydrogen-bond donors (Lipinski definition) is 1. The molecule has 1 fully saturated rings.